The van der Waals surface area contributed by atoms with Gasteiger partial charge in [0.25, 0.3) is 0 Å². The van der Waals surface area contributed by atoms with Crippen LogP contribution in [0.4, 0.5) is 0 Å². The minimum Gasteiger partial charge on any atom is -0.103 e. The molecule has 1 aliphatic carbocycles. The predicted molar refractivity (Wildman–Crippen MR) is 56.7 cm³/mol. The Morgan fingerprint density at radius 3 is 2.10 bits per heavy atom. The zero-order valence-electron chi connectivity index (χ0n) is 5.65. The molecule has 1 rings (SSSR count). The maximum absolute atomic E-state index is 3.81. The molecule has 0 radical (unpaired) electrons. The normalized spacial score (nSPS) is 32.5. The summed E-state index contributed by atoms with van der Waals surface area (Å²) in [5.74, 6) is 0.830. The smallest absolute Gasteiger partial charge is 0.0110 e. The maximum Gasteiger partial charge on any atom is 0.0110 e. The van der Waals surface area contributed by atoms with Gasteiger partial charge in [0.1, 0.15) is 0 Å². The molecule has 0 amide bonds. The van der Waals surface area contributed by atoms with Gasteiger partial charge in [0.2, 0.25) is 0 Å². The van der Waals surface area contributed by atoms with Crippen molar-refractivity contribution in [3.8, 4) is 0 Å². The third kappa shape index (κ3) is 3.04. The summed E-state index contributed by atoms with van der Waals surface area (Å²) < 4.78 is 0.943. The first-order valence-corrected chi connectivity index (χ1v) is 4.84. The molecule has 0 saturated heterocycles. The van der Waals surface area contributed by atoms with Crippen LogP contribution in [0.5, 0.6) is 0 Å². The Hall–Kier alpha value is 0.470. The van der Waals surface area contributed by atoms with E-state index in [-0.39, 0.29) is 7.43 Å². The highest BCUT2D eigenvalue weighted by atomic mass is 127. The van der Waals surface area contributed by atoms with E-state index in [2.05, 4.69) is 35.2 Å². The van der Waals surface area contributed by atoms with Crippen molar-refractivity contribution >= 4 is 22.6 Å². The SMILES string of the molecule is C.C=C[C@H]1CC[C@H](I)CC1. The van der Waals surface area contributed by atoms with Gasteiger partial charge in [-0.1, -0.05) is 36.1 Å². The minimum atomic E-state index is 0. The Balaban J connectivity index is 0.000000810. The average Bonchev–Trinajstić information content (AvgIpc) is 1.90. The third-order valence-electron chi connectivity index (χ3n) is 2.03. The van der Waals surface area contributed by atoms with Crippen LogP contribution in [0.1, 0.15) is 33.1 Å². The molecule has 0 atom stereocenters. The first-order chi connectivity index (χ1) is 4.33. The molecule has 1 aliphatic rings. The van der Waals surface area contributed by atoms with Gasteiger partial charge >= 0.3 is 0 Å². The maximum atomic E-state index is 3.81. The first-order valence-electron chi connectivity index (χ1n) is 3.59. The standard InChI is InChI=1S/C8H13I.CH4/c1-2-7-3-5-8(9)6-4-7;/h2,7-8H,1,3-6H2;1H4/t7-,8-;. The van der Waals surface area contributed by atoms with E-state index in [0.717, 1.165) is 9.84 Å². The molecule has 0 heterocycles. The number of allylic oxidation sites excluding steroid dienone is 1. The van der Waals surface area contributed by atoms with Gasteiger partial charge in [0.05, 0.1) is 0 Å². The number of halogens is 1. The monoisotopic (exact) mass is 252 g/mol. The highest BCUT2D eigenvalue weighted by Crippen LogP contribution is 2.29. The lowest BCUT2D eigenvalue weighted by Gasteiger charge is -2.21. The molecular weight excluding hydrogens is 235 g/mol. The van der Waals surface area contributed by atoms with E-state index in [1.54, 1.807) is 0 Å². The van der Waals surface area contributed by atoms with Crippen LogP contribution in [-0.2, 0) is 0 Å². The Labute approximate surface area is 78.2 Å². The summed E-state index contributed by atoms with van der Waals surface area (Å²) >= 11 is 2.55. The third-order valence-corrected chi connectivity index (χ3v) is 3.28. The Kier molecular flexibility index (Phi) is 5.41. The molecule has 60 valence electrons. The second kappa shape index (κ2) is 5.16. The Morgan fingerprint density at radius 2 is 1.70 bits per heavy atom. The van der Waals surface area contributed by atoms with Crippen molar-refractivity contribution in [2.45, 2.75) is 37.0 Å². The van der Waals surface area contributed by atoms with Crippen molar-refractivity contribution in [2.24, 2.45) is 5.92 Å². The topological polar surface area (TPSA) is 0 Å². The van der Waals surface area contributed by atoms with E-state index in [1.807, 2.05) is 0 Å². The van der Waals surface area contributed by atoms with Crippen molar-refractivity contribution in [1.82, 2.24) is 0 Å². The summed E-state index contributed by atoms with van der Waals surface area (Å²) in [5, 5.41) is 0. The summed E-state index contributed by atoms with van der Waals surface area (Å²) in [6, 6.07) is 0. The van der Waals surface area contributed by atoms with Crippen molar-refractivity contribution in [3.63, 3.8) is 0 Å². The molecule has 0 nitrogen and oxygen atoms in total. The molecule has 0 aliphatic heterocycles. The van der Waals surface area contributed by atoms with Crippen molar-refractivity contribution in [2.75, 3.05) is 0 Å². The van der Waals surface area contributed by atoms with E-state index in [0.29, 0.717) is 0 Å². The van der Waals surface area contributed by atoms with E-state index < -0.39 is 0 Å². The second-order valence-corrected chi connectivity index (χ2v) is 4.51. The zero-order valence-corrected chi connectivity index (χ0v) is 7.80. The molecule has 10 heavy (non-hydrogen) atoms. The van der Waals surface area contributed by atoms with Crippen LogP contribution in [0.2, 0.25) is 0 Å². The molecule has 0 unspecified atom stereocenters. The fourth-order valence-electron chi connectivity index (χ4n) is 1.31. The van der Waals surface area contributed by atoms with Crippen molar-refractivity contribution < 1.29 is 0 Å². The first kappa shape index (κ1) is 10.5. The lowest BCUT2D eigenvalue weighted by molar-refractivity contribution is 0.437. The van der Waals surface area contributed by atoms with Crippen LogP contribution >= 0.6 is 22.6 Å². The van der Waals surface area contributed by atoms with Crippen LogP contribution in [0, 0.1) is 5.92 Å². The van der Waals surface area contributed by atoms with Gasteiger partial charge in [-0.25, -0.2) is 0 Å². The molecular formula is C9H17I. The van der Waals surface area contributed by atoms with Crippen molar-refractivity contribution in [1.29, 1.82) is 0 Å². The number of rotatable bonds is 1. The Bertz CT molecular complexity index is 90.9. The zero-order chi connectivity index (χ0) is 6.69. The van der Waals surface area contributed by atoms with Gasteiger partial charge in [-0.05, 0) is 31.6 Å². The molecule has 0 N–H and O–H groups in total. The summed E-state index contributed by atoms with van der Waals surface area (Å²) in [5.41, 5.74) is 0. The molecule has 0 aromatic rings. The molecule has 1 saturated carbocycles. The van der Waals surface area contributed by atoms with Gasteiger partial charge in [-0.3, -0.25) is 0 Å². The van der Waals surface area contributed by atoms with Crippen LogP contribution in [-0.4, -0.2) is 3.92 Å². The minimum absolute atomic E-state index is 0. The summed E-state index contributed by atoms with van der Waals surface area (Å²) in [6.07, 6.45) is 7.66. The molecule has 0 aromatic carbocycles. The molecule has 1 heteroatoms. The van der Waals surface area contributed by atoms with E-state index in [4.69, 9.17) is 0 Å². The summed E-state index contributed by atoms with van der Waals surface area (Å²) in [6.45, 7) is 3.81. The Morgan fingerprint density at radius 1 is 1.20 bits per heavy atom. The fraction of sp³-hybridized carbons (Fsp3) is 0.778. The average molecular weight is 252 g/mol. The van der Waals surface area contributed by atoms with Crippen LogP contribution in [0.3, 0.4) is 0 Å². The molecule has 0 spiro atoms. The van der Waals surface area contributed by atoms with Gasteiger partial charge < -0.3 is 0 Å². The molecule has 0 bridgehead atoms. The predicted octanol–water partition coefficient (Wildman–Crippen LogP) is 3.80. The van der Waals surface area contributed by atoms with Gasteiger partial charge in [0, 0.05) is 3.92 Å². The van der Waals surface area contributed by atoms with Gasteiger partial charge in [-0.2, -0.15) is 0 Å². The number of hydrogen-bond donors (Lipinski definition) is 0. The van der Waals surface area contributed by atoms with Crippen molar-refractivity contribution in [3.05, 3.63) is 12.7 Å². The second-order valence-electron chi connectivity index (χ2n) is 2.75. The van der Waals surface area contributed by atoms with E-state index in [9.17, 15) is 0 Å². The fourth-order valence-corrected chi connectivity index (χ4v) is 2.03. The number of hydrogen-bond acceptors (Lipinski definition) is 0. The number of alkyl halides is 1. The van der Waals surface area contributed by atoms with Crippen LogP contribution in [0.15, 0.2) is 12.7 Å². The van der Waals surface area contributed by atoms with Gasteiger partial charge in [-0.15, -0.1) is 6.58 Å². The van der Waals surface area contributed by atoms with Crippen LogP contribution in [0.25, 0.3) is 0 Å². The largest absolute Gasteiger partial charge is 0.103 e. The van der Waals surface area contributed by atoms with Gasteiger partial charge in [0.15, 0.2) is 0 Å². The summed E-state index contributed by atoms with van der Waals surface area (Å²) in [4.78, 5) is 0. The highest BCUT2D eigenvalue weighted by molar-refractivity contribution is 14.1. The molecule has 1 fully saturated rings. The van der Waals surface area contributed by atoms with Crippen LogP contribution < -0.4 is 0 Å². The lowest BCUT2D eigenvalue weighted by Crippen LogP contribution is -2.11. The highest BCUT2D eigenvalue weighted by Gasteiger charge is 2.15. The van der Waals surface area contributed by atoms with E-state index in [1.165, 1.54) is 25.7 Å². The summed E-state index contributed by atoms with van der Waals surface area (Å²) in [7, 11) is 0. The quantitative estimate of drug-likeness (QED) is 0.378. The lowest BCUT2D eigenvalue weighted by atomic mass is 9.90. The molecule has 0 aromatic heterocycles. The van der Waals surface area contributed by atoms with E-state index >= 15 is 0 Å².